The molecule has 0 saturated heterocycles. The summed E-state index contributed by atoms with van der Waals surface area (Å²) in [5.41, 5.74) is 0.756. The van der Waals surface area contributed by atoms with E-state index in [1.807, 2.05) is 12.1 Å². The summed E-state index contributed by atoms with van der Waals surface area (Å²) in [5, 5.41) is 2.72. The van der Waals surface area contributed by atoms with E-state index in [1.54, 1.807) is 0 Å². The molecule has 24 heavy (non-hydrogen) atoms. The molecule has 126 valence electrons. The minimum absolute atomic E-state index is 0.0767. The number of aryl methyl sites for hydroxylation is 1. The summed E-state index contributed by atoms with van der Waals surface area (Å²) in [7, 11) is 2.84. The fourth-order valence-electron chi connectivity index (χ4n) is 2.71. The van der Waals surface area contributed by atoms with Crippen LogP contribution in [0.15, 0.2) is 32.4 Å². The number of benzene rings is 1. The molecule has 2 heterocycles. The van der Waals surface area contributed by atoms with Gasteiger partial charge in [0.2, 0.25) is 0 Å². The first-order valence-electron chi connectivity index (χ1n) is 7.37. The molecule has 0 unspecified atom stereocenters. The van der Waals surface area contributed by atoms with Crippen molar-refractivity contribution >= 4 is 21.8 Å². The lowest BCUT2D eigenvalue weighted by Gasteiger charge is -2.11. The van der Waals surface area contributed by atoms with Crippen molar-refractivity contribution in [1.82, 2.24) is 14.5 Å². The van der Waals surface area contributed by atoms with Crippen LogP contribution in [0.3, 0.4) is 0 Å². The van der Waals surface area contributed by atoms with Crippen LogP contribution >= 0.6 is 15.9 Å². The minimum Gasteiger partial charge on any atom is -0.493 e. The second-order valence-electron chi connectivity index (χ2n) is 5.63. The highest BCUT2D eigenvalue weighted by Gasteiger charge is 2.19. The average Bonchev–Trinajstić information content (AvgIpc) is 3.01. The number of aromatic nitrogens is 2. The molecule has 0 spiro atoms. The van der Waals surface area contributed by atoms with E-state index >= 15 is 0 Å². The summed E-state index contributed by atoms with van der Waals surface area (Å²) in [6.07, 6.45) is 2.08. The Morgan fingerprint density at radius 3 is 2.83 bits per heavy atom. The van der Waals surface area contributed by atoms with Crippen molar-refractivity contribution in [3.05, 3.63) is 60.3 Å². The molecular formula is C16H16BrN3O4. The summed E-state index contributed by atoms with van der Waals surface area (Å²) in [6, 6.07) is 3.87. The van der Waals surface area contributed by atoms with Crippen LogP contribution in [0.1, 0.15) is 21.5 Å². The Bertz CT molecular complexity index is 946. The number of hydrogen-bond donors (Lipinski definition) is 1. The summed E-state index contributed by atoms with van der Waals surface area (Å²) in [6.45, 7) is 0.848. The SMILES string of the molecule is Cn1cc(C(=O)NCc2cc(Br)cc3c2OCC3)c(=O)n(C)c1=O. The number of rotatable bonds is 3. The number of nitrogens with one attached hydrogen (secondary N) is 1. The van der Waals surface area contributed by atoms with Crippen LogP contribution in [0.2, 0.25) is 0 Å². The number of carbonyl (C=O) groups is 1. The van der Waals surface area contributed by atoms with E-state index < -0.39 is 17.2 Å². The molecule has 0 bridgehead atoms. The van der Waals surface area contributed by atoms with Gasteiger partial charge < -0.3 is 14.6 Å². The second-order valence-corrected chi connectivity index (χ2v) is 6.55. The fraction of sp³-hybridized carbons (Fsp3) is 0.312. The Morgan fingerprint density at radius 2 is 2.08 bits per heavy atom. The van der Waals surface area contributed by atoms with Crippen molar-refractivity contribution in [2.45, 2.75) is 13.0 Å². The highest BCUT2D eigenvalue weighted by atomic mass is 79.9. The van der Waals surface area contributed by atoms with E-state index in [1.165, 1.54) is 24.9 Å². The van der Waals surface area contributed by atoms with Gasteiger partial charge in [0, 0.05) is 43.3 Å². The zero-order valence-electron chi connectivity index (χ0n) is 13.3. The van der Waals surface area contributed by atoms with E-state index in [2.05, 4.69) is 21.2 Å². The first-order chi connectivity index (χ1) is 11.4. The van der Waals surface area contributed by atoms with Crippen molar-refractivity contribution in [2.24, 2.45) is 14.1 Å². The van der Waals surface area contributed by atoms with Gasteiger partial charge in [0.25, 0.3) is 11.5 Å². The summed E-state index contributed by atoms with van der Waals surface area (Å²) in [4.78, 5) is 36.1. The lowest BCUT2D eigenvalue weighted by atomic mass is 10.1. The summed E-state index contributed by atoms with van der Waals surface area (Å²) >= 11 is 3.45. The van der Waals surface area contributed by atoms with Crippen LogP contribution in [0.4, 0.5) is 0 Å². The molecule has 0 radical (unpaired) electrons. The van der Waals surface area contributed by atoms with E-state index in [-0.39, 0.29) is 12.1 Å². The van der Waals surface area contributed by atoms with Crippen LogP contribution in [-0.2, 0) is 27.1 Å². The Hall–Kier alpha value is -2.35. The third-order valence-corrected chi connectivity index (χ3v) is 4.41. The molecule has 1 N–H and O–H groups in total. The number of hydrogen-bond acceptors (Lipinski definition) is 4. The third kappa shape index (κ3) is 2.89. The van der Waals surface area contributed by atoms with Crippen LogP contribution in [0.25, 0.3) is 0 Å². The van der Waals surface area contributed by atoms with E-state index in [9.17, 15) is 14.4 Å². The third-order valence-electron chi connectivity index (χ3n) is 3.96. The first kappa shape index (κ1) is 16.5. The topological polar surface area (TPSA) is 82.3 Å². The van der Waals surface area contributed by atoms with E-state index in [0.29, 0.717) is 6.61 Å². The molecule has 8 heteroatoms. The van der Waals surface area contributed by atoms with Crippen LogP contribution in [-0.4, -0.2) is 21.6 Å². The zero-order chi connectivity index (χ0) is 17.4. The number of nitrogens with zero attached hydrogens (tertiary/aromatic N) is 2. The molecule has 7 nitrogen and oxygen atoms in total. The zero-order valence-corrected chi connectivity index (χ0v) is 14.8. The monoisotopic (exact) mass is 393 g/mol. The van der Waals surface area contributed by atoms with Crippen molar-refractivity contribution in [3.8, 4) is 5.75 Å². The Kier molecular flexibility index (Phi) is 4.31. The molecule has 0 aliphatic carbocycles. The standard InChI is InChI=1S/C16H16BrN3O4/c1-19-8-12(15(22)20(2)16(19)23)14(21)18-7-10-6-11(17)5-9-3-4-24-13(9)10/h5-6,8H,3-4,7H2,1-2H3,(H,18,21). The van der Waals surface area contributed by atoms with Gasteiger partial charge in [-0.15, -0.1) is 0 Å². The Labute approximate surface area is 146 Å². The summed E-state index contributed by atoms with van der Waals surface area (Å²) < 4.78 is 8.64. The van der Waals surface area contributed by atoms with Gasteiger partial charge in [-0.05, 0) is 17.7 Å². The molecule has 1 amide bonds. The van der Waals surface area contributed by atoms with Crippen molar-refractivity contribution in [2.75, 3.05) is 6.61 Å². The molecule has 0 saturated carbocycles. The summed E-state index contributed by atoms with van der Waals surface area (Å²) in [5.74, 6) is 0.254. The molecule has 1 aliphatic rings. The van der Waals surface area contributed by atoms with Crippen LogP contribution < -0.4 is 21.3 Å². The van der Waals surface area contributed by atoms with Crippen molar-refractivity contribution in [3.63, 3.8) is 0 Å². The normalized spacial score (nSPS) is 12.6. The lowest BCUT2D eigenvalue weighted by Crippen LogP contribution is -2.41. The predicted octanol–water partition coefficient (Wildman–Crippen LogP) is 0.711. The number of amides is 1. The first-order valence-corrected chi connectivity index (χ1v) is 8.16. The van der Waals surface area contributed by atoms with Gasteiger partial charge in [-0.25, -0.2) is 4.79 Å². The van der Waals surface area contributed by atoms with Gasteiger partial charge >= 0.3 is 5.69 Å². The average molecular weight is 394 g/mol. The van der Waals surface area contributed by atoms with Gasteiger partial charge in [-0.2, -0.15) is 0 Å². The predicted molar refractivity (Wildman–Crippen MR) is 91.4 cm³/mol. The molecule has 1 aliphatic heterocycles. The van der Waals surface area contributed by atoms with Gasteiger partial charge in [0.15, 0.2) is 0 Å². The molecule has 2 aromatic rings. The maximum atomic E-state index is 12.3. The number of carbonyl (C=O) groups excluding carboxylic acids is 1. The number of halogens is 1. The molecule has 3 rings (SSSR count). The Morgan fingerprint density at radius 1 is 1.33 bits per heavy atom. The molecule has 0 fully saturated rings. The second kappa shape index (κ2) is 6.27. The van der Waals surface area contributed by atoms with Crippen LogP contribution in [0, 0.1) is 0 Å². The van der Waals surface area contributed by atoms with Crippen molar-refractivity contribution < 1.29 is 9.53 Å². The van der Waals surface area contributed by atoms with Crippen molar-refractivity contribution in [1.29, 1.82) is 0 Å². The molecular weight excluding hydrogens is 378 g/mol. The molecule has 1 aromatic carbocycles. The minimum atomic E-state index is -0.619. The van der Waals surface area contributed by atoms with Crippen LogP contribution in [0.5, 0.6) is 5.75 Å². The number of ether oxygens (including phenoxy) is 1. The fourth-order valence-corrected chi connectivity index (χ4v) is 3.26. The lowest BCUT2D eigenvalue weighted by molar-refractivity contribution is 0.0947. The largest absolute Gasteiger partial charge is 0.493 e. The quantitative estimate of drug-likeness (QED) is 0.832. The smallest absolute Gasteiger partial charge is 0.330 e. The molecule has 1 aromatic heterocycles. The highest BCUT2D eigenvalue weighted by molar-refractivity contribution is 9.10. The highest BCUT2D eigenvalue weighted by Crippen LogP contribution is 2.32. The molecule has 0 atom stereocenters. The van der Waals surface area contributed by atoms with Gasteiger partial charge in [-0.3, -0.25) is 14.2 Å². The maximum absolute atomic E-state index is 12.3. The Balaban J connectivity index is 1.85. The number of fused-ring (bicyclic) bond motifs is 1. The van der Waals surface area contributed by atoms with Gasteiger partial charge in [0.05, 0.1) is 6.61 Å². The van der Waals surface area contributed by atoms with E-state index in [0.717, 1.165) is 32.3 Å². The van der Waals surface area contributed by atoms with Gasteiger partial charge in [-0.1, -0.05) is 15.9 Å². The van der Waals surface area contributed by atoms with E-state index in [4.69, 9.17) is 4.74 Å². The maximum Gasteiger partial charge on any atom is 0.330 e. The van der Waals surface area contributed by atoms with Gasteiger partial charge in [0.1, 0.15) is 11.3 Å².